The SMILES string of the molecule is CCN(CC)c1ccc(C(C#N)NCCOC)cc1. The zero-order valence-corrected chi connectivity index (χ0v) is 12.0. The van der Waals surface area contributed by atoms with E-state index in [1.54, 1.807) is 7.11 Å². The fraction of sp³-hybridized carbons (Fsp3) is 0.533. The van der Waals surface area contributed by atoms with Gasteiger partial charge in [-0.05, 0) is 31.5 Å². The molecule has 1 aromatic rings. The van der Waals surface area contributed by atoms with Gasteiger partial charge in [-0.25, -0.2) is 0 Å². The Hall–Kier alpha value is -1.57. The number of nitrogens with zero attached hydrogens (tertiary/aromatic N) is 2. The van der Waals surface area contributed by atoms with Crippen molar-refractivity contribution < 1.29 is 4.74 Å². The van der Waals surface area contributed by atoms with Crippen LogP contribution < -0.4 is 10.2 Å². The second-order valence-corrected chi connectivity index (χ2v) is 4.27. The third-order valence-corrected chi connectivity index (χ3v) is 3.14. The predicted molar refractivity (Wildman–Crippen MR) is 78.2 cm³/mol. The molecule has 0 spiro atoms. The molecule has 1 N–H and O–H groups in total. The quantitative estimate of drug-likeness (QED) is 0.730. The molecule has 0 aromatic heterocycles. The number of nitrogens with one attached hydrogen (secondary N) is 1. The lowest BCUT2D eigenvalue weighted by atomic mass is 10.1. The van der Waals surface area contributed by atoms with E-state index in [2.05, 4.69) is 42.3 Å². The summed E-state index contributed by atoms with van der Waals surface area (Å²) in [5, 5.41) is 12.3. The zero-order valence-electron chi connectivity index (χ0n) is 12.0. The first-order valence-corrected chi connectivity index (χ1v) is 6.73. The van der Waals surface area contributed by atoms with E-state index in [0.717, 1.165) is 18.7 Å². The molecular weight excluding hydrogens is 238 g/mol. The lowest BCUT2D eigenvalue weighted by molar-refractivity contribution is 0.198. The van der Waals surface area contributed by atoms with Crippen molar-refractivity contribution in [2.75, 3.05) is 38.3 Å². The molecule has 1 rings (SSSR count). The standard InChI is InChI=1S/C15H23N3O/c1-4-18(5-2)14-8-6-13(7-9-14)15(12-16)17-10-11-19-3/h6-9,15,17H,4-5,10-11H2,1-3H3. The summed E-state index contributed by atoms with van der Waals surface area (Å²) < 4.78 is 4.97. The van der Waals surface area contributed by atoms with Crippen LogP contribution in [0.1, 0.15) is 25.5 Å². The van der Waals surface area contributed by atoms with Gasteiger partial charge in [0.05, 0.1) is 12.7 Å². The van der Waals surface area contributed by atoms with E-state index in [1.165, 1.54) is 5.69 Å². The summed E-state index contributed by atoms with van der Waals surface area (Å²) >= 11 is 0. The molecule has 0 aliphatic heterocycles. The van der Waals surface area contributed by atoms with Gasteiger partial charge in [-0.1, -0.05) is 12.1 Å². The molecular formula is C15H23N3O. The molecule has 104 valence electrons. The summed E-state index contributed by atoms with van der Waals surface area (Å²) in [6.45, 7) is 7.54. The van der Waals surface area contributed by atoms with Crippen molar-refractivity contribution in [3.8, 4) is 6.07 Å². The van der Waals surface area contributed by atoms with Gasteiger partial charge in [-0.15, -0.1) is 0 Å². The van der Waals surface area contributed by atoms with Gasteiger partial charge in [0.25, 0.3) is 0 Å². The fourth-order valence-corrected chi connectivity index (χ4v) is 2.01. The lowest BCUT2D eigenvalue weighted by Crippen LogP contribution is -2.24. The highest BCUT2D eigenvalue weighted by Crippen LogP contribution is 2.18. The number of nitriles is 1. The second-order valence-electron chi connectivity index (χ2n) is 4.27. The van der Waals surface area contributed by atoms with Crippen LogP contribution in [0.15, 0.2) is 24.3 Å². The normalized spacial score (nSPS) is 11.9. The molecule has 1 atom stereocenters. The number of methoxy groups -OCH3 is 1. The van der Waals surface area contributed by atoms with Gasteiger partial charge in [-0.2, -0.15) is 5.26 Å². The summed E-state index contributed by atoms with van der Waals surface area (Å²) in [6, 6.07) is 10.2. The zero-order chi connectivity index (χ0) is 14.1. The summed E-state index contributed by atoms with van der Waals surface area (Å²) in [7, 11) is 1.65. The van der Waals surface area contributed by atoms with Gasteiger partial charge in [0.15, 0.2) is 0 Å². The Bertz CT molecular complexity index is 393. The highest BCUT2D eigenvalue weighted by Gasteiger charge is 2.10. The average Bonchev–Trinajstić information content (AvgIpc) is 2.46. The number of hydrogen-bond acceptors (Lipinski definition) is 4. The van der Waals surface area contributed by atoms with Gasteiger partial charge in [-0.3, -0.25) is 5.32 Å². The van der Waals surface area contributed by atoms with Crippen LogP contribution in [0.3, 0.4) is 0 Å². The second kappa shape index (κ2) is 8.52. The van der Waals surface area contributed by atoms with Crippen molar-refractivity contribution in [3.63, 3.8) is 0 Å². The first kappa shape index (κ1) is 15.5. The van der Waals surface area contributed by atoms with Crippen LogP contribution in [0.4, 0.5) is 5.69 Å². The molecule has 0 radical (unpaired) electrons. The minimum atomic E-state index is -0.277. The molecule has 19 heavy (non-hydrogen) atoms. The van der Waals surface area contributed by atoms with Crippen molar-refractivity contribution in [1.29, 1.82) is 5.26 Å². The predicted octanol–water partition coefficient (Wildman–Crippen LogP) is 2.33. The monoisotopic (exact) mass is 261 g/mol. The van der Waals surface area contributed by atoms with Crippen LogP contribution in [0.25, 0.3) is 0 Å². The molecule has 0 saturated heterocycles. The molecule has 1 unspecified atom stereocenters. The molecule has 0 heterocycles. The molecule has 0 fully saturated rings. The highest BCUT2D eigenvalue weighted by molar-refractivity contribution is 5.48. The molecule has 0 aliphatic rings. The van der Waals surface area contributed by atoms with Crippen LogP contribution in [0, 0.1) is 11.3 Å². The third-order valence-electron chi connectivity index (χ3n) is 3.14. The van der Waals surface area contributed by atoms with Gasteiger partial charge in [0.1, 0.15) is 6.04 Å². The minimum Gasteiger partial charge on any atom is -0.383 e. The van der Waals surface area contributed by atoms with Crippen molar-refractivity contribution in [2.24, 2.45) is 0 Å². The minimum absolute atomic E-state index is 0.277. The topological polar surface area (TPSA) is 48.3 Å². The largest absolute Gasteiger partial charge is 0.383 e. The maximum Gasteiger partial charge on any atom is 0.121 e. The maximum atomic E-state index is 9.19. The fourth-order valence-electron chi connectivity index (χ4n) is 2.01. The van der Waals surface area contributed by atoms with Crippen LogP contribution >= 0.6 is 0 Å². The van der Waals surface area contributed by atoms with Gasteiger partial charge in [0.2, 0.25) is 0 Å². The molecule has 4 nitrogen and oxygen atoms in total. The van der Waals surface area contributed by atoms with E-state index in [0.29, 0.717) is 13.2 Å². The molecule has 0 bridgehead atoms. The molecule has 0 amide bonds. The van der Waals surface area contributed by atoms with Crippen LogP contribution in [0.5, 0.6) is 0 Å². The van der Waals surface area contributed by atoms with E-state index >= 15 is 0 Å². The first-order valence-electron chi connectivity index (χ1n) is 6.73. The Balaban J connectivity index is 2.70. The maximum absolute atomic E-state index is 9.19. The van der Waals surface area contributed by atoms with Gasteiger partial charge in [0, 0.05) is 32.4 Å². The Morgan fingerprint density at radius 1 is 1.26 bits per heavy atom. The smallest absolute Gasteiger partial charge is 0.121 e. The molecule has 4 heteroatoms. The van der Waals surface area contributed by atoms with E-state index in [1.807, 2.05) is 12.1 Å². The van der Waals surface area contributed by atoms with Crippen molar-refractivity contribution in [1.82, 2.24) is 5.32 Å². The van der Waals surface area contributed by atoms with Crippen LogP contribution in [0.2, 0.25) is 0 Å². The highest BCUT2D eigenvalue weighted by atomic mass is 16.5. The number of anilines is 1. The van der Waals surface area contributed by atoms with E-state index in [4.69, 9.17) is 4.74 Å². The van der Waals surface area contributed by atoms with Crippen molar-refractivity contribution in [3.05, 3.63) is 29.8 Å². The molecule has 1 aromatic carbocycles. The summed E-state index contributed by atoms with van der Waals surface area (Å²) in [5.41, 5.74) is 2.19. The van der Waals surface area contributed by atoms with E-state index in [9.17, 15) is 5.26 Å². The van der Waals surface area contributed by atoms with Gasteiger partial charge < -0.3 is 9.64 Å². The summed E-state index contributed by atoms with van der Waals surface area (Å²) in [6.07, 6.45) is 0. The first-order chi connectivity index (χ1) is 9.26. The van der Waals surface area contributed by atoms with E-state index < -0.39 is 0 Å². The lowest BCUT2D eigenvalue weighted by Gasteiger charge is -2.21. The van der Waals surface area contributed by atoms with Crippen LogP contribution in [-0.2, 0) is 4.74 Å². The Labute approximate surface area is 116 Å². The molecule has 0 aliphatic carbocycles. The van der Waals surface area contributed by atoms with Crippen molar-refractivity contribution >= 4 is 5.69 Å². The Kier molecular flexibility index (Phi) is 6.94. The van der Waals surface area contributed by atoms with Crippen molar-refractivity contribution in [2.45, 2.75) is 19.9 Å². The Morgan fingerprint density at radius 3 is 2.37 bits per heavy atom. The van der Waals surface area contributed by atoms with E-state index in [-0.39, 0.29) is 6.04 Å². The number of benzene rings is 1. The van der Waals surface area contributed by atoms with Crippen LogP contribution in [-0.4, -0.2) is 33.4 Å². The molecule has 0 saturated carbocycles. The average molecular weight is 261 g/mol. The van der Waals surface area contributed by atoms with Gasteiger partial charge >= 0.3 is 0 Å². The summed E-state index contributed by atoms with van der Waals surface area (Å²) in [5.74, 6) is 0. The number of ether oxygens (including phenoxy) is 1. The summed E-state index contributed by atoms with van der Waals surface area (Å²) in [4.78, 5) is 2.28. The third kappa shape index (κ3) is 4.55. The Morgan fingerprint density at radius 2 is 1.89 bits per heavy atom. The number of rotatable bonds is 8. The number of hydrogen-bond donors (Lipinski definition) is 1.